The lowest BCUT2D eigenvalue weighted by Gasteiger charge is -2.18. The number of hydrogen-bond acceptors (Lipinski definition) is 0. The first kappa shape index (κ1) is 11.0. The fraction of sp³-hybridized carbons (Fsp3) is 0.733. The van der Waals surface area contributed by atoms with E-state index in [9.17, 15) is 0 Å². The molecule has 0 heterocycles. The van der Waals surface area contributed by atoms with Gasteiger partial charge in [-0.15, -0.1) is 0 Å². The Balaban J connectivity index is 2.33. The van der Waals surface area contributed by atoms with E-state index in [0.29, 0.717) is 0 Å². The highest BCUT2D eigenvalue weighted by Gasteiger charge is 2.29. The van der Waals surface area contributed by atoms with Crippen molar-refractivity contribution >= 4 is 0 Å². The summed E-state index contributed by atoms with van der Waals surface area (Å²) in [5.41, 5.74) is 5.04. The summed E-state index contributed by atoms with van der Waals surface area (Å²) in [5, 5.41) is 0. The molecule has 2 atom stereocenters. The van der Waals surface area contributed by atoms with Crippen LogP contribution in [0.3, 0.4) is 0 Å². The van der Waals surface area contributed by atoms with Crippen molar-refractivity contribution in [3.8, 4) is 0 Å². The fourth-order valence-electron chi connectivity index (χ4n) is 3.13. The Morgan fingerprint density at radius 2 is 1.93 bits per heavy atom. The summed E-state index contributed by atoms with van der Waals surface area (Å²) in [7, 11) is 0. The number of allylic oxidation sites excluding steroid dienone is 4. The van der Waals surface area contributed by atoms with Gasteiger partial charge >= 0.3 is 0 Å². The maximum atomic E-state index is 2.54. The van der Waals surface area contributed by atoms with Crippen LogP contribution in [0.25, 0.3) is 0 Å². The van der Waals surface area contributed by atoms with Crippen molar-refractivity contribution in [3.63, 3.8) is 0 Å². The van der Waals surface area contributed by atoms with Gasteiger partial charge in [0.2, 0.25) is 0 Å². The van der Waals surface area contributed by atoms with Gasteiger partial charge in [0.25, 0.3) is 0 Å². The van der Waals surface area contributed by atoms with E-state index in [1.807, 2.05) is 0 Å². The number of rotatable bonds is 1. The largest absolute Gasteiger partial charge is 0.0698 e. The third-order valence-corrected chi connectivity index (χ3v) is 4.38. The van der Waals surface area contributed by atoms with Gasteiger partial charge in [-0.2, -0.15) is 0 Å². The highest BCUT2D eigenvalue weighted by molar-refractivity contribution is 5.36. The van der Waals surface area contributed by atoms with Gasteiger partial charge in [0, 0.05) is 0 Å². The van der Waals surface area contributed by atoms with Crippen LogP contribution in [0.4, 0.5) is 0 Å². The molecule has 0 aromatic rings. The predicted octanol–water partition coefficient (Wildman–Crippen LogP) is 4.73. The standard InChI is InChI=1S/C15H24/c1-10(2)13-7-5-11(3)14-8-6-12(4)15(14)9-13/h9-11,14H,5-8H2,1-4H3/t11-,14+/m1/s1. The molecule has 15 heavy (non-hydrogen) atoms. The van der Waals surface area contributed by atoms with E-state index >= 15 is 0 Å². The molecule has 2 rings (SSSR count). The second kappa shape index (κ2) is 4.15. The smallest absolute Gasteiger partial charge is 0.0134 e. The molecule has 0 spiro atoms. The minimum atomic E-state index is 0.733. The Labute approximate surface area is 94.5 Å². The molecule has 0 saturated heterocycles. The van der Waals surface area contributed by atoms with E-state index in [-0.39, 0.29) is 0 Å². The summed E-state index contributed by atoms with van der Waals surface area (Å²) in [6.07, 6.45) is 8.01. The van der Waals surface area contributed by atoms with Gasteiger partial charge in [0.1, 0.15) is 0 Å². The summed E-state index contributed by atoms with van der Waals surface area (Å²) in [6.45, 7) is 9.45. The second-order valence-electron chi connectivity index (χ2n) is 5.77. The minimum absolute atomic E-state index is 0.733. The molecule has 0 heteroatoms. The summed E-state index contributed by atoms with van der Waals surface area (Å²) in [5.74, 6) is 2.50. The zero-order valence-electron chi connectivity index (χ0n) is 10.6. The van der Waals surface area contributed by atoms with E-state index < -0.39 is 0 Å². The summed E-state index contributed by atoms with van der Waals surface area (Å²) in [4.78, 5) is 0. The molecule has 0 bridgehead atoms. The molecule has 84 valence electrons. The molecule has 0 saturated carbocycles. The Morgan fingerprint density at radius 3 is 2.60 bits per heavy atom. The van der Waals surface area contributed by atoms with Crippen LogP contribution in [0.5, 0.6) is 0 Å². The summed E-state index contributed by atoms with van der Waals surface area (Å²) < 4.78 is 0. The first-order valence-electron chi connectivity index (χ1n) is 6.49. The summed E-state index contributed by atoms with van der Waals surface area (Å²) >= 11 is 0. The molecule has 2 aliphatic carbocycles. The molecule has 0 N–H and O–H groups in total. The van der Waals surface area contributed by atoms with E-state index in [0.717, 1.165) is 17.8 Å². The Morgan fingerprint density at radius 1 is 1.20 bits per heavy atom. The van der Waals surface area contributed by atoms with Crippen LogP contribution >= 0.6 is 0 Å². The normalized spacial score (nSPS) is 31.7. The van der Waals surface area contributed by atoms with Crippen LogP contribution in [0, 0.1) is 17.8 Å². The molecule has 0 fully saturated rings. The average Bonchev–Trinajstić information content (AvgIpc) is 2.43. The van der Waals surface area contributed by atoms with Crippen molar-refractivity contribution in [2.45, 2.75) is 53.4 Å². The Bertz CT molecular complexity index is 304. The molecule has 0 amide bonds. The van der Waals surface area contributed by atoms with Crippen molar-refractivity contribution in [1.29, 1.82) is 0 Å². The van der Waals surface area contributed by atoms with Crippen molar-refractivity contribution in [2.75, 3.05) is 0 Å². The molecule has 0 unspecified atom stereocenters. The molecular formula is C15H24. The van der Waals surface area contributed by atoms with Crippen LogP contribution in [0.2, 0.25) is 0 Å². The third-order valence-electron chi connectivity index (χ3n) is 4.38. The molecule has 0 aromatic carbocycles. The van der Waals surface area contributed by atoms with E-state index in [1.165, 1.54) is 25.7 Å². The van der Waals surface area contributed by atoms with Crippen molar-refractivity contribution < 1.29 is 0 Å². The van der Waals surface area contributed by atoms with Gasteiger partial charge in [-0.3, -0.25) is 0 Å². The van der Waals surface area contributed by atoms with E-state index in [4.69, 9.17) is 0 Å². The van der Waals surface area contributed by atoms with Crippen LogP contribution in [-0.2, 0) is 0 Å². The van der Waals surface area contributed by atoms with Crippen LogP contribution in [-0.4, -0.2) is 0 Å². The van der Waals surface area contributed by atoms with E-state index in [2.05, 4.69) is 33.8 Å². The lowest BCUT2D eigenvalue weighted by molar-refractivity contribution is 0.390. The highest BCUT2D eigenvalue weighted by atomic mass is 14.3. The maximum absolute atomic E-state index is 2.54. The van der Waals surface area contributed by atoms with Gasteiger partial charge in [-0.25, -0.2) is 0 Å². The van der Waals surface area contributed by atoms with Crippen LogP contribution < -0.4 is 0 Å². The quantitative estimate of drug-likeness (QED) is 0.579. The SMILES string of the molecule is CC1=C2C=C(C(C)C)CC[C@@H](C)[C@@H]2CC1. The van der Waals surface area contributed by atoms with Gasteiger partial charge in [0.15, 0.2) is 0 Å². The first-order chi connectivity index (χ1) is 7.09. The maximum Gasteiger partial charge on any atom is -0.0134 e. The third kappa shape index (κ3) is 2.04. The zero-order chi connectivity index (χ0) is 11.0. The lowest BCUT2D eigenvalue weighted by atomic mass is 9.87. The first-order valence-corrected chi connectivity index (χ1v) is 6.49. The zero-order valence-corrected chi connectivity index (χ0v) is 10.6. The van der Waals surface area contributed by atoms with Gasteiger partial charge in [0.05, 0.1) is 0 Å². The van der Waals surface area contributed by atoms with Gasteiger partial charge in [-0.05, 0) is 55.9 Å². The monoisotopic (exact) mass is 204 g/mol. The van der Waals surface area contributed by atoms with Gasteiger partial charge < -0.3 is 0 Å². The van der Waals surface area contributed by atoms with Crippen LogP contribution in [0.1, 0.15) is 53.4 Å². The molecule has 0 aliphatic heterocycles. The van der Waals surface area contributed by atoms with Gasteiger partial charge in [-0.1, -0.05) is 38.0 Å². The van der Waals surface area contributed by atoms with Crippen LogP contribution in [0.15, 0.2) is 22.8 Å². The van der Waals surface area contributed by atoms with Crippen molar-refractivity contribution in [2.24, 2.45) is 17.8 Å². The van der Waals surface area contributed by atoms with E-state index in [1.54, 1.807) is 16.7 Å². The molecule has 0 aromatic heterocycles. The second-order valence-corrected chi connectivity index (χ2v) is 5.77. The minimum Gasteiger partial charge on any atom is -0.0698 e. The number of fused-ring (bicyclic) bond motifs is 1. The topological polar surface area (TPSA) is 0 Å². The highest BCUT2D eigenvalue weighted by Crippen LogP contribution is 2.43. The predicted molar refractivity (Wildman–Crippen MR) is 66.7 cm³/mol. The molecule has 0 radical (unpaired) electrons. The Kier molecular flexibility index (Phi) is 3.04. The number of hydrogen-bond donors (Lipinski definition) is 0. The molecule has 2 aliphatic rings. The molecule has 0 nitrogen and oxygen atoms in total. The van der Waals surface area contributed by atoms with Crippen molar-refractivity contribution in [1.82, 2.24) is 0 Å². The molecular weight excluding hydrogens is 180 g/mol. The van der Waals surface area contributed by atoms with Crippen molar-refractivity contribution in [3.05, 3.63) is 22.8 Å². The lowest BCUT2D eigenvalue weighted by Crippen LogP contribution is -2.08. The Hall–Kier alpha value is -0.520. The average molecular weight is 204 g/mol. The fourth-order valence-corrected chi connectivity index (χ4v) is 3.13. The summed E-state index contributed by atoms with van der Waals surface area (Å²) in [6, 6.07) is 0.